The Kier molecular flexibility index (Phi) is 4.67. The normalized spacial score (nSPS) is 23.9. The molecule has 2 aliphatic heterocycles. The molecule has 0 unspecified atom stereocenters. The zero-order chi connectivity index (χ0) is 9.64. The van der Waals surface area contributed by atoms with Gasteiger partial charge < -0.3 is 4.90 Å². The van der Waals surface area contributed by atoms with Gasteiger partial charge in [0.15, 0.2) is 0 Å². The van der Waals surface area contributed by atoms with Crippen LogP contribution in [0, 0.1) is 0 Å². The Morgan fingerprint density at radius 2 is 2.14 bits per heavy atom. The molecule has 0 aromatic heterocycles. The van der Waals surface area contributed by atoms with Gasteiger partial charge in [-0.25, -0.2) is 0 Å². The van der Waals surface area contributed by atoms with Crippen molar-refractivity contribution in [2.45, 2.75) is 19.3 Å². The zero-order valence-electron chi connectivity index (χ0n) is 8.57. The second-order valence-corrected chi connectivity index (χ2v) is 6.17. The summed E-state index contributed by atoms with van der Waals surface area (Å²) in [5, 5.41) is 0. The molecule has 0 aromatic rings. The van der Waals surface area contributed by atoms with Gasteiger partial charge in [-0.3, -0.25) is 4.99 Å². The Bertz CT molecular complexity index is 200. The van der Waals surface area contributed by atoms with Crippen LogP contribution in [0.25, 0.3) is 0 Å². The molecule has 1 saturated heterocycles. The molecule has 0 spiro atoms. The van der Waals surface area contributed by atoms with Gasteiger partial charge in [0.2, 0.25) is 0 Å². The summed E-state index contributed by atoms with van der Waals surface area (Å²) in [5.74, 6) is 2.43. The Hall–Kier alpha value is 0.330. The number of rotatable bonds is 3. The maximum Gasteiger partial charge on any atom is 0.124 e. The van der Waals surface area contributed by atoms with Crippen molar-refractivity contribution in [1.82, 2.24) is 4.90 Å². The van der Waals surface area contributed by atoms with E-state index in [9.17, 15) is 0 Å². The molecule has 1 fully saturated rings. The minimum absolute atomic E-state index is 1.04. The molecule has 0 N–H and O–H groups in total. The van der Waals surface area contributed by atoms with Crippen LogP contribution >= 0.6 is 23.5 Å². The summed E-state index contributed by atoms with van der Waals surface area (Å²) in [5.41, 5.74) is 0. The second kappa shape index (κ2) is 6.03. The van der Waals surface area contributed by atoms with Crippen LogP contribution in [-0.4, -0.2) is 47.0 Å². The van der Waals surface area contributed by atoms with Gasteiger partial charge in [0.25, 0.3) is 0 Å². The standard InChI is InChI=1S/C10H18N2S2/c1-2-5-12(6-3-1)7-9-14-10-11-4-8-13-10/h1-9H2. The molecule has 0 amide bonds. The molecule has 0 bridgehead atoms. The highest BCUT2D eigenvalue weighted by Crippen LogP contribution is 2.22. The summed E-state index contributed by atoms with van der Waals surface area (Å²) in [4.78, 5) is 7.04. The van der Waals surface area contributed by atoms with Gasteiger partial charge >= 0.3 is 0 Å². The Balaban J connectivity index is 1.57. The summed E-state index contributed by atoms with van der Waals surface area (Å²) in [6, 6.07) is 0. The van der Waals surface area contributed by atoms with Crippen molar-refractivity contribution in [3.8, 4) is 0 Å². The van der Waals surface area contributed by atoms with E-state index in [2.05, 4.69) is 9.89 Å². The van der Waals surface area contributed by atoms with Crippen molar-refractivity contribution >= 4 is 27.9 Å². The van der Waals surface area contributed by atoms with E-state index in [-0.39, 0.29) is 0 Å². The second-order valence-electron chi connectivity index (χ2n) is 3.75. The molecule has 0 atom stereocenters. The molecule has 0 saturated carbocycles. The highest BCUT2D eigenvalue weighted by Gasteiger charge is 2.11. The van der Waals surface area contributed by atoms with E-state index in [1.54, 1.807) is 0 Å². The molecular formula is C10H18N2S2. The molecule has 14 heavy (non-hydrogen) atoms. The van der Waals surface area contributed by atoms with E-state index < -0.39 is 0 Å². The fraction of sp³-hybridized carbons (Fsp3) is 0.900. The van der Waals surface area contributed by atoms with Crippen LogP contribution in [0.15, 0.2) is 4.99 Å². The van der Waals surface area contributed by atoms with E-state index in [4.69, 9.17) is 0 Å². The van der Waals surface area contributed by atoms with Gasteiger partial charge in [-0.05, 0) is 25.9 Å². The summed E-state index contributed by atoms with van der Waals surface area (Å²) in [7, 11) is 0. The predicted molar refractivity (Wildman–Crippen MR) is 67.5 cm³/mol. The lowest BCUT2D eigenvalue weighted by Gasteiger charge is -2.25. The van der Waals surface area contributed by atoms with Crippen molar-refractivity contribution in [3.63, 3.8) is 0 Å². The van der Waals surface area contributed by atoms with Crippen LogP contribution in [0.4, 0.5) is 0 Å². The first-order chi connectivity index (χ1) is 6.95. The number of nitrogens with zero attached hydrogens (tertiary/aromatic N) is 2. The maximum atomic E-state index is 4.44. The topological polar surface area (TPSA) is 15.6 Å². The van der Waals surface area contributed by atoms with Crippen LogP contribution in [0.2, 0.25) is 0 Å². The molecular weight excluding hydrogens is 212 g/mol. The molecule has 2 nitrogen and oxygen atoms in total. The predicted octanol–water partition coefficient (Wildman–Crippen LogP) is 2.31. The monoisotopic (exact) mass is 230 g/mol. The van der Waals surface area contributed by atoms with Crippen LogP contribution in [0.5, 0.6) is 0 Å². The van der Waals surface area contributed by atoms with E-state index in [0.717, 1.165) is 6.54 Å². The van der Waals surface area contributed by atoms with Crippen molar-refractivity contribution in [2.24, 2.45) is 4.99 Å². The Morgan fingerprint density at radius 3 is 2.86 bits per heavy atom. The number of thioether (sulfide) groups is 2. The molecule has 0 radical (unpaired) electrons. The minimum Gasteiger partial charge on any atom is -0.303 e. The van der Waals surface area contributed by atoms with Crippen molar-refractivity contribution < 1.29 is 0 Å². The first kappa shape index (κ1) is 10.8. The van der Waals surface area contributed by atoms with Gasteiger partial charge in [0, 0.05) is 18.1 Å². The van der Waals surface area contributed by atoms with Crippen LogP contribution in [0.3, 0.4) is 0 Å². The maximum absolute atomic E-state index is 4.44. The Morgan fingerprint density at radius 1 is 1.29 bits per heavy atom. The zero-order valence-corrected chi connectivity index (χ0v) is 10.2. The lowest BCUT2D eigenvalue weighted by molar-refractivity contribution is 0.242. The summed E-state index contributed by atoms with van der Waals surface area (Å²) < 4.78 is 1.32. The van der Waals surface area contributed by atoms with Gasteiger partial charge in [-0.1, -0.05) is 29.9 Å². The Labute approximate surface area is 94.9 Å². The molecule has 0 aromatic carbocycles. The van der Waals surface area contributed by atoms with Gasteiger partial charge in [0.1, 0.15) is 4.38 Å². The lowest BCUT2D eigenvalue weighted by Crippen LogP contribution is -2.31. The smallest absolute Gasteiger partial charge is 0.124 e. The van der Waals surface area contributed by atoms with Crippen molar-refractivity contribution in [1.29, 1.82) is 0 Å². The average molecular weight is 230 g/mol. The van der Waals surface area contributed by atoms with Gasteiger partial charge in [0.05, 0.1) is 6.54 Å². The first-order valence-corrected chi connectivity index (χ1v) is 7.45. The summed E-state index contributed by atoms with van der Waals surface area (Å²) >= 11 is 3.87. The van der Waals surface area contributed by atoms with E-state index in [0.29, 0.717) is 0 Å². The first-order valence-electron chi connectivity index (χ1n) is 5.47. The highest BCUT2D eigenvalue weighted by molar-refractivity contribution is 8.39. The largest absolute Gasteiger partial charge is 0.303 e. The third-order valence-corrected chi connectivity index (χ3v) is 4.87. The highest BCUT2D eigenvalue weighted by atomic mass is 32.2. The lowest BCUT2D eigenvalue weighted by atomic mass is 10.1. The third-order valence-electron chi connectivity index (χ3n) is 2.64. The quantitative estimate of drug-likeness (QED) is 0.740. The summed E-state index contributed by atoms with van der Waals surface area (Å²) in [6.45, 7) is 4.93. The fourth-order valence-corrected chi connectivity index (χ4v) is 3.93. The SMILES string of the molecule is C1CCN(CCSC2=NCCS2)CC1. The van der Waals surface area contributed by atoms with Crippen LogP contribution in [-0.2, 0) is 0 Å². The third kappa shape index (κ3) is 3.48. The van der Waals surface area contributed by atoms with Crippen molar-refractivity contribution in [3.05, 3.63) is 0 Å². The number of piperidine rings is 1. The molecule has 0 aliphatic carbocycles. The average Bonchev–Trinajstić information content (AvgIpc) is 2.72. The van der Waals surface area contributed by atoms with E-state index in [1.807, 2.05) is 23.5 Å². The molecule has 80 valence electrons. The fourth-order valence-electron chi connectivity index (χ4n) is 1.85. The molecule has 2 aliphatic rings. The number of aliphatic imine (C=N–C) groups is 1. The summed E-state index contributed by atoms with van der Waals surface area (Å²) in [6.07, 6.45) is 4.24. The van der Waals surface area contributed by atoms with Crippen molar-refractivity contribution in [2.75, 3.05) is 37.7 Å². The molecule has 2 rings (SSSR count). The van der Waals surface area contributed by atoms with Gasteiger partial charge in [-0.15, -0.1) is 0 Å². The number of hydrogen-bond donors (Lipinski definition) is 0. The van der Waals surface area contributed by atoms with Crippen LogP contribution < -0.4 is 0 Å². The number of likely N-dealkylation sites (tertiary alicyclic amines) is 1. The van der Waals surface area contributed by atoms with Gasteiger partial charge in [-0.2, -0.15) is 0 Å². The van der Waals surface area contributed by atoms with E-state index >= 15 is 0 Å². The molecule has 2 heterocycles. The number of hydrogen-bond acceptors (Lipinski definition) is 4. The molecule has 4 heteroatoms. The van der Waals surface area contributed by atoms with Crippen LogP contribution in [0.1, 0.15) is 19.3 Å². The minimum atomic E-state index is 1.04. The van der Waals surface area contributed by atoms with E-state index in [1.165, 1.54) is 54.8 Å².